The molecule has 0 fully saturated rings. The summed E-state index contributed by atoms with van der Waals surface area (Å²) in [4.78, 5) is 12.9. The van der Waals surface area contributed by atoms with E-state index in [-0.39, 0.29) is 24.6 Å². The van der Waals surface area contributed by atoms with Crippen LogP contribution < -0.4 is 29.3 Å². The van der Waals surface area contributed by atoms with Crippen LogP contribution in [-0.2, 0) is 4.79 Å². The number of carboxylic acid groups (broad SMARTS) is 1. The summed E-state index contributed by atoms with van der Waals surface area (Å²) in [5.74, 6) is -0.844. The predicted octanol–water partition coefficient (Wildman–Crippen LogP) is -1.70. The average Bonchev–Trinajstić information content (AvgIpc) is 2.52. The molecule has 0 aliphatic heterocycles. The van der Waals surface area contributed by atoms with Crippen molar-refractivity contribution in [2.24, 2.45) is 0 Å². The summed E-state index contributed by atoms with van der Waals surface area (Å²) in [7, 11) is 0. The number of nitrogens with one attached hydrogen (secondary N) is 1. The Kier molecular flexibility index (Phi) is 16.9. The van der Waals surface area contributed by atoms with Gasteiger partial charge in [0.1, 0.15) is 6.04 Å². The van der Waals surface area contributed by atoms with Crippen LogP contribution in [0.4, 0.5) is 0 Å². The second-order valence-corrected chi connectivity index (χ2v) is 5.97. The van der Waals surface area contributed by atoms with Gasteiger partial charge >= 0.3 is 24.8 Å². The number of nitrogens with zero attached hydrogens (tertiary/aromatic N) is 1. The van der Waals surface area contributed by atoms with Crippen LogP contribution in [0.2, 0.25) is 0 Å². The van der Waals surface area contributed by atoms with E-state index in [0.29, 0.717) is 32.5 Å². The number of carbonyl (C=O) groups is 1. The van der Waals surface area contributed by atoms with Crippen LogP contribution in [0, 0.1) is 0 Å². The number of rotatable bonds is 14. The topological polar surface area (TPSA) is 95.9 Å². The third-order valence-corrected chi connectivity index (χ3v) is 3.82. The quantitative estimate of drug-likeness (QED) is 0.199. The van der Waals surface area contributed by atoms with Crippen LogP contribution in [-0.4, -0.2) is 52.9 Å². The van der Waals surface area contributed by atoms with Crippen molar-refractivity contribution in [1.29, 1.82) is 0 Å². The van der Waals surface area contributed by atoms with Crippen molar-refractivity contribution < 1.29 is 39.0 Å². The molecule has 0 aromatic carbocycles. The minimum Gasteiger partial charge on any atom is -0.874 e. The molecule has 0 aliphatic rings. The first kappa shape index (κ1) is 25.6. The number of hydrogen-bond acceptors (Lipinski definition) is 5. The fraction of sp³-hybridized carbons (Fsp3) is 0.824. The maximum absolute atomic E-state index is 11.5. The number of hydrogen-bond donors (Lipinski definition) is 3. The molecule has 0 spiro atoms. The number of aliphatic hydroxyl groups excluding tert-OH is 1. The van der Waals surface area contributed by atoms with Gasteiger partial charge in [-0.15, -0.1) is 5.76 Å². The first-order chi connectivity index (χ1) is 10.9. The molecule has 24 heavy (non-hydrogen) atoms. The van der Waals surface area contributed by atoms with Gasteiger partial charge in [0, 0.05) is 19.6 Å². The molecule has 0 aliphatic carbocycles. The Morgan fingerprint density at radius 2 is 1.92 bits per heavy atom. The maximum atomic E-state index is 11.5. The minimum atomic E-state index is -0.907. The van der Waals surface area contributed by atoms with Gasteiger partial charge in [0.15, 0.2) is 0 Å². The molecule has 6 nitrogen and oxygen atoms in total. The first-order valence-corrected chi connectivity index (χ1v) is 8.66. The largest absolute Gasteiger partial charge is 1.00 e. The third kappa shape index (κ3) is 12.7. The summed E-state index contributed by atoms with van der Waals surface area (Å²) in [6.07, 6.45) is 5.94. The van der Waals surface area contributed by atoms with Gasteiger partial charge in [-0.25, -0.2) is 0 Å². The summed E-state index contributed by atoms with van der Waals surface area (Å²) in [6, 6.07) is -0.663. The molecule has 0 amide bonds. The van der Waals surface area contributed by atoms with E-state index in [2.05, 4.69) is 12.2 Å². The van der Waals surface area contributed by atoms with Gasteiger partial charge in [0.2, 0.25) is 0 Å². The van der Waals surface area contributed by atoms with E-state index in [1.54, 1.807) is 11.8 Å². The van der Waals surface area contributed by atoms with E-state index >= 15 is 0 Å². The number of aliphatic carboxylic acids is 1. The Balaban J connectivity index is 0. The zero-order valence-electron chi connectivity index (χ0n) is 15.8. The molecule has 0 bridgehead atoms. The summed E-state index contributed by atoms with van der Waals surface area (Å²) >= 11 is 0. The summed E-state index contributed by atoms with van der Waals surface area (Å²) in [6.45, 7) is 6.99. The maximum Gasteiger partial charge on any atom is 1.00 e. The van der Waals surface area contributed by atoms with Crippen molar-refractivity contribution in [3.63, 3.8) is 0 Å². The van der Waals surface area contributed by atoms with E-state index in [1.807, 2.05) is 6.92 Å². The Hall–Kier alpha value is -0.673. The Morgan fingerprint density at radius 3 is 2.46 bits per heavy atom. The van der Waals surface area contributed by atoms with Gasteiger partial charge in [0.05, 0.1) is 6.10 Å². The van der Waals surface area contributed by atoms with Crippen molar-refractivity contribution in [3.8, 4) is 0 Å². The number of unbranched alkanes of at least 4 members (excludes halogenated alkanes) is 2. The van der Waals surface area contributed by atoms with E-state index in [0.717, 1.165) is 25.7 Å². The van der Waals surface area contributed by atoms with Gasteiger partial charge in [-0.2, -0.15) is 0 Å². The molecule has 0 aromatic rings. The molecule has 2 unspecified atom stereocenters. The Morgan fingerprint density at radius 1 is 1.29 bits per heavy atom. The van der Waals surface area contributed by atoms with E-state index in [4.69, 9.17) is 0 Å². The van der Waals surface area contributed by atoms with Crippen LogP contribution >= 0.6 is 0 Å². The monoisotopic (exact) mass is 336 g/mol. The van der Waals surface area contributed by atoms with Crippen molar-refractivity contribution in [1.82, 2.24) is 10.2 Å². The predicted molar refractivity (Wildman–Crippen MR) is 89.8 cm³/mol. The van der Waals surface area contributed by atoms with Crippen molar-refractivity contribution >= 4 is 5.97 Å². The molecular formula is C17H33LiN2O4. The molecular weight excluding hydrogens is 303 g/mol. The molecule has 0 radical (unpaired) electrons. The van der Waals surface area contributed by atoms with Crippen LogP contribution in [0.3, 0.4) is 0 Å². The number of allylic oxidation sites excluding steroid dienone is 1. The Labute approximate surface area is 158 Å². The molecule has 3 N–H and O–H groups in total. The van der Waals surface area contributed by atoms with Crippen LogP contribution in [0.5, 0.6) is 0 Å². The SMILES string of the molecule is CCCC/C([O-])=C/NCCN(CC(O)CCCC)C(C)C(=O)O.[Li+]. The van der Waals surface area contributed by atoms with E-state index in [9.17, 15) is 20.1 Å². The molecule has 0 rings (SSSR count). The van der Waals surface area contributed by atoms with Gasteiger partial charge in [-0.1, -0.05) is 39.5 Å². The smallest absolute Gasteiger partial charge is 0.874 e. The molecule has 0 saturated heterocycles. The van der Waals surface area contributed by atoms with Crippen molar-refractivity contribution in [3.05, 3.63) is 12.0 Å². The summed E-state index contributed by atoms with van der Waals surface area (Å²) in [5, 5.41) is 33.6. The van der Waals surface area contributed by atoms with Crippen LogP contribution in [0.15, 0.2) is 12.0 Å². The molecule has 0 heterocycles. The van der Waals surface area contributed by atoms with Gasteiger partial charge in [-0.05, 0) is 26.0 Å². The van der Waals surface area contributed by atoms with E-state index in [1.165, 1.54) is 6.20 Å². The van der Waals surface area contributed by atoms with Gasteiger partial charge in [0.25, 0.3) is 0 Å². The van der Waals surface area contributed by atoms with Crippen LogP contribution in [0.25, 0.3) is 0 Å². The summed E-state index contributed by atoms with van der Waals surface area (Å²) in [5.41, 5.74) is 0. The van der Waals surface area contributed by atoms with Crippen molar-refractivity contribution in [2.75, 3.05) is 19.6 Å². The fourth-order valence-electron chi connectivity index (χ4n) is 2.22. The van der Waals surface area contributed by atoms with Crippen LogP contribution in [0.1, 0.15) is 59.3 Å². The third-order valence-electron chi connectivity index (χ3n) is 3.82. The minimum absolute atomic E-state index is 0. The molecule has 0 aromatic heterocycles. The molecule has 0 saturated carbocycles. The van der Waals surface area contributed by atoms with E-state index < -0.39 is 18.1 Å². The Bertz CT molecular complexity index is 353. The zero-order chi connectivity index (χ0) is 17.7. The second kappa shape index (κ2) is 15.8. The zero-order valence-corrected chi connectivity index (χ0v) is 15.8. The normalized spacial score (nSPS) is 14.1. The first-order valence-electron chi connectivity index (χ1n) is 8.66. The molecule has 136 valence electrons. The fourth-order valence-corrected chi connectivity index (χ4v) is 2.22. The standard InChI is InChI=1S/C17H34N2O4.Li/c1-4-6-8-15(20)12-18-10-11-19(14(3)17(22)23)13-16(21)9-7-5-2;/h12,14,16,18,20-21H,4-11,13H2,1-3H3,(H,22,23);/q;+1/p-1/b15-12-;. The summed E-state index contributed by atoms with van der Waals surface area (Å²) < 4.78 is 0. The average molecular weight is 336 g/mol. The number of carboxylic acids is 1. The molecule has 7 heteroatoms. The number of aliphatic hydroxyl groups is 1. The van der Waals surface area contributed by atoms with Gasteiger partial charge < -0.3 is 20.6 Å². The second-order valence-electron chi connectivity index (χ2n) is 5.97. The van der Waals surface area contributed by atoms with Gasteiger partial charge in [-0.3, -0.25) is 9.69 Å². The molecule has 2 atom stereocenters. The van der Waals surface area contributed by atoms with Crippen molar-refractivity contribution in [2.45, 2.75) is 71.4 Å².